The maximum absolute atomic E-state index is 12.2. The van der Waals surface area contributed by atoms with Crippen molar-refractivity contribution in [2.24, 2.45) is 11.7 Å². The Balaban J connectivity index is 4.47. The van der Waals surface area contributed by atoms with Crippen molar-refractivity contribution in [3.8, 4) is 0 Å². The van der Waals surface area contributed by atoms with Gasteiger partial charge in [-0.25, -0.2) is 8.78 Å². The van der Waals surface area contributed by atoms with Gasteiger partial charge in [-0.1, -0.05) is 20.3 Å². The number of amides is 1. The number of aliphatic hydroxyl groups excluding tert-OH is 1. The summed E-state index contributed by atoms with van der Waals surface area (Å²) in [5.74, 6) is -0.588. The minimum atomic E-state index is -2.61. The van der Waals surface area contributed by atoms with Crippen LogP contribution in [0.2, 0.25) is 0 Å². The van der Waals surface area contributed by atoms with E-state index in [-0.39, 0.29) is 19.1 Å². The first-order valence-electron chi connectivity index (χ1n) is 5.37. The van der Waals surface area contributed by atoms with Crippen LogP contribution in [0.3, 0.4) is 0 Å². The fourth-order valence-electron chi connectivity index (χ4n) is 1.29. The minimum Gasteiger partial charge on any atom is -0.395 e. The van der Waals surface area contributed by atoms with Crippen LogP contribution < -0.4 is 5.73 Å². The lowest BCUT2D eigenvalue weighted by Gasteiger charge is -2.27. The Hall–Kier alpha value is -0.750. The van der Waals surface area contributed by atoms with E-state index in [2.05, 4.69) is 0 Å². The highest BCUT2D eigenvalue weighted by molar-refractivity contribution is 5.82. The fourth-order valence-corrected chi connectivity index (χ4v) is 1.29. The van der Waals surface area contributed by atoms with Gasteiger partial charge in [-0.05, 0) is 5.92 Å². The van der Waals surface area contributed by atoms with Crippen molar-refractivity contribution >= 4 is 5.91 Å². The molecule has 2 atom stereocenters. The second kappa shape index (κ2) is 7.51. The second-order valence-corrected chi connectivity index (χ2v) is 3.81. The highest BCUT2D eigenvalue weighted by atomic mass is 19.3. The lowest BCUT2D eigenvalue weighted by molar-refractivity contribution is -0.136. The largest absolute Gasteiger partial charge is 0.395 e. The first-order chi connectivity index (χ1) is 7.43. The van der Waals surface area contributed by atoms with Crippen LogP contribution in [-0.2, 0) is 4.79 Å². The first-order valence-corrected chi connectivity index (χ1v) is 5.37. The van der Waals surface area contributed by atoms with E-state index in [1.807, 2.05) is 6.92 Å². The van der Waals surface area contributed by atoms with Gasteiger partial charge in [0.15, 0.2) is 0 Å². The maximum Gasteiger partial charge on any atom is 0.255 e. The molecule has 16 heavy (non-hydrogen) atoms. The van der Waals surface area contributed by atoms with E-state index in [9.17, 15) is 13.6 Å². The zero-order valence-electron chi connectivity index (χ0n) is 9.70. The number of halogens is 2. The Labute approximate surface area is 94.4 Å². The normalized spacial score (nSPS) is 14.9. The summed E-state index contributed by atoms with van der Waals surface area (Å²) in [7, 11) is 0. The van der Waals surface area contributed by atoms with Crippen molar-refractivity contribution in [1.29, 1.82) is 0 Å². The molecule has 4 nitrogen and oxygen atoms in total. The molecule has 1 amide bonds. The molecule has 0 aromatic heterocycles. The molecule has 0 aromatic carbocycles. The molecule has 0 fully saturated rings. The van der Waals surface area contributed by atoms with Crippen LogP contribution in [0.4, 0.5) is 8.78 Å². The molecular weight excluding hydrogens is 218 g/mol. The van der Waals surface area contributed by atoms with Gasteiger partial charge in [-0.15, -0.1) is 0 Å². The Kier molecular flexibility index (Phi) is 7.16. The van der Waals surface area contributed by atoms with Crippen LogP contribution in [0.25, 0.3) is 0 Å². The molecule has 0 rings (SSSR count). The molecule has 3 N–H and O–H groups in total. The zero-order chi connectivity index (χ0) is 12.7. The van der Waals surface area contributed by atoms with Crippen molar-refractivity contribution in [2.75, 3.05) is 19.7 Å². The Bertz CT molecular complexity index is 215. The molecular formula is C10H20F2N2O2. The Morgan fingerprint density at radius 2 is 2.06 bits per heavy atom. The Morgan fingerprint density at radius 1 is 1.50 bits per heavy atom. The summed E-state index contributed by atoms with van der Waals surface area (Å²) in [5, 5.41) is 8.70. The maximum atomic E-state index is 12.2. The number of hydrogen-bond acceptors (Lipinski definition) is 3. The summed E-state index contributed by atoms with van der Waals surface area (Å²) in [4.78, 5) is 12.6. The van der Waals surface area contributed by atoms with Gasteiger partial charge in [-0.3, -0.25) is 4.79 Å². The van der Waals surface area contributed by atoms with Gasteiger partial charge in [0.2, 0.25) is 5.91 Å². The average molecular weight is 238 g/mol. The van der Waals surface area contributed by atoms with E-state index in [0.29, 0.717) is 6.42 Å². The predicted molar refractivity (Wildman–Crippen MR) is 57.1 cm³/mol. The number of carbonyl (C=O) groups excluding carboxylic acids is 1. The highest BCUT2D eigenvalue weighted by Gasteiger charge is 2.26. The van der Waals surface area contributed by atoms with Crippen LogP contribution in [0.15, 0.2) is 0 Å². The zero-order valence-corrected chi connectivity index (χ0v) is 9.70. The predicted octanol–water partition coefficient (Wildman–Crippen LogP) is 0.446. The number of rotatable bonds is 7. The molecule has 0 saturated heterocycles. The summed E-state index contributed by atoms with van der Waals surface area (Å²) < 4.78 is 24.4. The van der Waals surface area contributed by atoms with E-state index in [0.717, 1.165) is 4.90 Å². The van der Waals surface area contributed by atoms with Crippen molar-refractivity contribution in [3.05, 3.63) is 0 Å². The summed E-state index contributed by atoms with van der Waals surface area (Å²) in [6.45, 7) is 2.55. The van der Waals surface area contributed by atoms with Crippen LogP contribution in [0.1, 0.15) is 20.3 Å². The standard InChI is InChI=1S/C10H20F2N2O2/c1-3-7(2)9(13)10(16)14(4-5-15)6-8(11)12/h7-9,15H,3-6,13H2,1-2H3. The molecule has 0 heterocycles. The molecule has 0 radical (unpaired) electrons. The van der Waals surface area contributed by atoms with E-state index in [1.54, 1.807) is 6.92 Å². The molecule has 0 aliphatic carbocycles. The van der Waals surface area contributed by atoms with Gasteiger partial charge in [-0.2, -0.15) is 0 Å². The van der Waals surface area contributed by atoms with Crippen LogP contribution in [0.5, 0.6) is 0 Å². The van der Waals surface area contributed by atoms with E-state index in [4.69, 9.17) is 10.8 Å². The van der Waals surface area contributed by atoms with Gasteiger partial charge in [0.05, 0.1) is 19.2 Å². The average Bonchev–Trinajstić information content (AvgIpc) is 2.24. The number of hydrogen-bond donors (Lipinski definition) is 2. The molecule has 0 aromatic rings. The molecule has 0 spiro atoms. The molecule has 2 unspecified atom stereocenters. The van der Waals surface area contributed by atoms with Crippen LogP contribution in [-0.4, -0.2) is 48.1 Å². The third-order valence-corrected chi connectivity index (χ3v) is 2.58. The number of alkyl halides is 2. The lowest BCUT2D eigenvalue weighted by atomic mass is 9.99. The van der Waals surface area contributed by atoms with Crippen molar-refractivity contribution < 1.29 is 18.7 Å². The van der Waals surface area contributed by atoms with Crippen LogP contribution >= 0.6 is 0 Å². The van der Waals surface area contributed by atoms with Gasteiger partial charge < -0.3 is 15.7 Å². The number of nitrogens with two attached hydrogens (primary N) is 1. The van der Waals surface area contributed by atoms with Gasteiger partial charge in [0, 0.05) is 6.54 Å². The molecule has 0 aliphatic rings. The van der Waals surface area contributed by atoms with E-state index >= 15 is 0 Å². The summed E-state index contributed by atoms with van der Waals surface area (Å²) in [6.07, 6.45) is -1.91. The van der Waals surface area contributed by atoms with Gasteiger partial charge in [0.25, 0.3) is 6.43 Å². The van der Waals surface area contributed by atoms with E-state index < -0.39 is 24.9 Å². The summed E-state index contributed by atoms with van der Waals surface area (Å²) >= 11 is 0. The molecule has 0 bridgehead atoms. The number of carbonyl (C=O) groups is 1. The van der Waals surface area contributed by atoms with Gasteiger partial charge >= 0.3 is 0 Å². The molecule has 96 valence electrons. The van der Waals surface area contributed by atoms with Crippen molar-refractivity contribution in [2.45, 2.75) is 32.7 Å². The molecule has 0 aliphatic heterocycles. The summed E-state index contributed by atoms with van der Waals surface area (Å²) in [5.41, 5.74) is 5.66. The third-order valence-electron chi connectivity index (χ3n) is 2.58. The summed E-state index contributed by atoms with van der Waals surface area (Å²) in [6, 6.07) is -0.782. The minimum absolute atomic E-state index is 0.0636. The smallest absolute Gasteiger partial charge is 0.255 e. The topological polar surface area (TPSA) is 66.6 Å². The van der Waals surface area contributed by atoms with Crippen molar-refractivity contribution in [3.63, 3.8) is 0 Å². The van der Waals surface area contributed by atoms with Crippen LogP contribution in [0, 0.1) is 5.92 Å². The Morgan fingerprint density at radius 3 is 2.44 bits per heavy atom. The van der Waals surface area contributed by atoms with E-state index in [1.165, 1.54) is 0 Å². The first kappa shape index (κ1) is 15.2. The SMILES string of the molecule is CCC(C)C(N)C(=O)N(CCO)CC(F)F. The molecule has 6 heteroatoms. The third kappa shape index (κ3) is 4.85. The molecule has 0 saturated carbocycles. The highest BCUT2D eigenvalue weighted by Crippen LogP contribution is 2.09. The monoisotopic (exact) mass is 238 g/mol. The van der Waals surface area contributed by atoms with Crippen molar-refractivity contribution in [1.82, 2.24) is 4.90 Å². The lowest BCUT2D eigenvalue weighted by Crippen LogP contribution is -2.49. The van der Waals surface area contributed by atoms with Gasteiger partial charge in [0.1, 0.15) is 0 Å². The quantitative estimate of drug-likeness (QED) is 0.676. The number of aliphatic hydroxyl groups is 1. The second-order valence-electron chi connectivity index (χ2n) is 3.81. The fraction of sp³-hybridized carbons (Fsp3) is 0.900. The number of nitrogens with zero attached hydrogens (tertiary/aromatic N) is 1.